The third-order valence-electron chi connectivity index (χ3n) is 1.75. The molecule has 1 aromatic carbocycles. The van der Waals surface area contributed by atoms with Gasteiger partial charge in [-0.1, -0.05) is 6.07 Å². The minimum Gasteiger partial charge on any atom is -0.207 e. The van der Waals surface area contributed by atoms with E-state index in [2.05, 4.69) is 15.9 Å². The summed E-state index contributed by atoms with van der Waals surface area (Å²) in [5.74, 6) is 0. The Labute approximate surface area is 103 Å². The van der Waals surface area contributed by atoms with Crippen molar-refractivity contribution in [3.8, 4) is 6.07 Å². The number of benzene rings is 1. The molecule has 86 valence electrons. The van der Waals surface area contributed by atoms with Crippen LogP contribution in [-0.4, -0.2) is 8.42 Å². The molecule has 0 aliphatic heterocycles. The molecule has 0 saturated carbocycles. The fourth-order valence-corrected chi connectivity index (χ4v) is 3.36. The summed E-state index contributed by atoms with van der Waals surface area (Å²) >= 11 is 2.78. The van der Waals surface area contributed by atoms with Gasteiger partial charge in [0.2, 0.25) is 0 Å². The predicted molar refractivity (Wildman–Crippen MR) is 56.9 cm³/mol. The van der Waals surface area contributed by atoms with Crippen LogP contribution in [0.1, 0.15) is 17.6 Å². The Hall–Kier alpha value is -0.710. The summed E-state index contributed by atoms with van der Waals surface area (Å²) in [5.41, 5.74) is -0.977. The molecule has 0 radical (unpaired) electrons. The van der Waals surface area contributed by atoms with Crippen LogP contribution in [0.15, 0.2) is 21.5 Å². The highest BCUT2D eigenvalue weighted by molar-refractivity contribution is 9.10. The minimum absolute atomic E-state index is 0.247. The highest BCUT2D eigenvalue weighted by Gasteiger charge is 2.22. The molecule has 16 heavy (non-hydrogen) atoms. The van der Waals surface area contributed by atoms with E-state index >= 15 is 0 Å². The first kappa shape index (κ1) is 13.4. The van der Waals surface area contributed by atoms with Gasteiger partial charge in [-0.3, -0.25) is 0 Å². The zero-order valence-corrected chi connectivity index (χ0v) is 10.6. The van der Waals surface area contributed by atoms with Gasteiger partial charge in [-0.25, -0.2) is 17.2 Å². The molecule has 0 aliphatic carbocycles. The summed E-state index contributed by atoms with van der Waals surface area (Å²) in [7, 11) is 0.991. The number of alkyl halides is 2. The topological polar surface area (TPSA) is 57.9 Å². The molecule has 0 saturated heterocycles. The van der Waals surface area contributed by atoms with Crippen LogP contribution in [0.2, 0.25) is 0 Å². The molecule has 1 rings (SSSR count). The summed E-state index contributed by atoms with van der Waals surface area (Å²) in [6.07, 6.45) is -2.86. The summed E-state index contributed by atoms with van der Waals surface area (Å²) < 4.78 is 46.8. The fraction of sp³-hybridized carbons (Fsp3) is 0.125. The van der Waals surface area contributed by atoms with E-state index in [0.29, 0.717) is 0 Å². The van der Waals surface area contributed by atoms with E-state index in [1.165, 1.54) is 6.07 Å². The van der Waals surface area contributed by atoms with E-state index in [9.17, 15) is 17.2 Å². The Kier molecular flexibility index (Phi) is 3.88. The Balaban J connectivity index is 3.61. The smallest absolute Gasteiger partial charge is 0.207 e. The van der Waals surface area contributed by atoms with Crippen LogP contribution in [0.5, 0.6) is 0 Å². The van der Waals surface area contributed by atoms with Crippen molar-refractivity contribution in [3.05, 3.63) is 27.7 Å². The highest BCUT2D eigenvalue weighted by atomic mass is 79.9. The third-order valence-corrected chi connectivity index (χ3v) is 4.20. The molecule has 0 spiro atoms. The van der Waals surface area contributed by atoms with Crippen LogP contribution < -0.4 is 0 Å². The van der Waals surface area contributed by atoms with Gasteiger partial charge in [0, 0.05) is 16.2 Å². The summed E-state index contributed by atoms with van der Waals surface area (Å²) in [4.78, 5) is -0.407. The van der Waals surface area contributed by atoms with Gasteiger partial charge in [0.1, 0.15) is 6.07 Å². The van der Waals surface area contributed by atoms with Gasteiger partial charge in [-0.05, 0) is 22.0 Å². The molecule has 0 aromatic heterocycles. The van der Waals surface area contributed by atoms with Crippen LogP contribution in [0.25, 0.3) is 0 Å². The molecule has 3 nitrogen and oxygen atoms in total. The summed E-state index contributed by atoms with van der Waals surface area (Å²) in [5, 5.41) is 8.69. The van der Waals surface area contributed by atoms with Crippen molar-refractivity contribution in [1.82, 2.24) is 0 Å². The maximum atomic E-state index is 12.5. The van der Waals surface area contributed by atoms with Gasteiger partial charge < -0.3 is 0 Å². The normalized spacial score (nSPS) is 11.5. The lowest BCUT2D eigenvalue weighted by molar-refractivity contribution is 0.151. The third kappa shape index (κ3) is 2.51. The number of halogens is 4. The lowest BCUT2D eigenvalue weighted by atomic mass is 10.1. The van der Waals surface area contributed by atoms with Crippen LogP contribution in [0.3, 0.4) is 0 Å². The number of nitriles is 1. The van der Waals surface area contributed by atoms with Crippen LogP contribution in [0.4, 0.5) is 8.78 Å². The molecule has 0 amide bonds. The lowest BCUT2D eigenvalue weighted by Gasteiger charge is -2.07. The van der Waals surface area contributed by atoms with E-state index in [4.69, 9.17) is 15.9 Å². The minimum atomic E-state index is -4.08. The number of rotatable bonds is 2. The van der Waals surface area contributed by atoms with Crippen molar-refractivity contribution < 1.29 is 17.2 Å². The molecule has 0 aliphatic rings. The number of hydrogen-bond acceptors (Lipinski definition) is 3. The van der Waals surface area contributed by atoms with Crippen LogP contribution in [0, 0.1) is 11.3 Å². The van der Waals surface area contributed by atoms with Gasteiger partial charge >= 0.3 is 0 Å². The van der Waals surface area contributed by atoms with Crippen molar-refractivity contribution in [2.24, 2.45) is 0 Å². The molecule has 0 N–H and O–H groups in total. The quantitative estimate of drug-likeness (QED) is 0.783. The Morgan fingerprint density at radius 3 is 2.38 bits per heavy atom. The zero-order chi connectivity index (χ0) is 12.5. The van der Waals surface area contributed by atoms with Gasteiger partial charge in [0.05, 0.1) is 14.9 Å². The summed E-state index contributed by atoms with van der Waals surface area (Å²) in [6, 6.07) is 3.30. The number of hydrogen-bond donors (Lipinski definition) is 0. The van der Waals surface area contributed by atoms with Gasteiger partial charge in [-0.2, -0.15) is 5.26 Å². The molecule has 0 fully saturated rings. The molecular weight excluding hydrogens is 328 g/mol. The second-order valence-electron chi connectivity index (χ2n) is 2.69. The standard InChI is InChI=1S/C8H3BrClF2NO2S/c9-7-5(3-13)4(8(11)12)1-2-6(7)16(10,14)15/h1-2,8H. The zero-order valence-electron chi connectivity index (χ0n) is 7.42. The van der Waals surface area contributed by atoms with Crippen molar-refractivity contribution in [2.75, 3.05) is 0 Å². The molecule has 0 unspecified atom stereocenters. The summed E-state index contributed by atoms with van der Waals surface area (Å²) in [6.45, 7) is 0. The van der Waals surface area contributed by atoms with Crippen molar-refractivity contribution in [3.63, 3.8) is 0 Å². The Morgan fingerprint density at radius 1 is 1.44 bits per heavy atom. The molecule has 1 aromatic rings. The first-order valence-electron chi connectivity index (χ1n) is 3.74. The van der Waals surface area contributed by atoms with Crippen molar-refractivity contribution >= 4 is 35.7 Å². The first-order chi connectivity index (χ1) is 7.29. The molecular formula is C8H3BrClF2NO2S. The fourth-order valence-electron chi connectivity index (χ4n) is 1.06. The van der Waals surface area contributed by atoms with Gasteiger partial charge in [0.25, 0.3) is 15.5 Å². The van der Waals surface area contributed by atoms with Crippen LogP contribution in [-0.2, 0) is 9.05 Å². The highest BCUT2D eigenvalue weighted by Crippen LogP contribution is 2.34. The van der Waals surface area contributed by atoms with E-state index in [1.54, 1.807) is 0 Å². The van der Waals surface area contributed by atoms with E-state index in [-0.39, 0.29) is 4.47 Å². The van der Waals surface area contributed by atoms with Crippen molar-refractivity contribution in [1.29, 1.82) is 5.26 Å². The second kappa shape index (κ2) is 4.65. The molecule has 8 heteroatoms. The average Bonchev–Trinajstić information content (AvgIpc) is 2.14. The van der Waals surface area contributed by atoms with Gasteiger partial charge in [-0.15, -0.1) is 0 Å². The Morgan fingerprint density at radius 2 is 2.00 bits per heavy atom. The lowest BCUT2D eigenvalue weighted by Crippen LogP contribution is -1.99. The molecule has 0 heterocycles. The average molecular weight is 331 g/mol. The van der Waals surface area contributed by atoms with Crippen LogP contribution >= 0.6 is 26.6 Å². The molecule has 0 atom stereocenters. The van der Waals surface area contributed by atoms with E-state index < -0.39 is 31.5 Å². The van der Waals surface area contributed by atoms with Gasteiger partial charge in [0.15, 0.2) is 0 Å². The maximum absolute atomic E-state index is 12.5. The second-order valence-corrected chi connectivity index (χ2v) is 6.02. The monoisotopic (exact) mass is 329 g/mol. The van der Waals surface area contributed by atoms with E-state index in [1.807, 2.05) is 0 Å². The van der Waals surface area contributed by atoms with E-state index in [0.717, 1.165) is 12.1 Å². The first-order valence-corrected chi connectivity index (χ1v) is 6.84. The van der Waals surface area contributed by atoms with Crippen molar-refractivity contribution in [2.45, 2.75) is 11.3 Å². The molecule has 0 bridgehead atoms. The largest absolute Gasteiger partial charge is 0.265 e. The SMILES string of the molecule is N#Cc1c(C(F)F)ccc(S(=O)(=O)Cl)c1Br. The Bertz CT molecular complexity index is 568. The number of nitrogens with zero attached hydrogens (tertiary/aromatic N) is 1. The maximum Gasteiger partial charge on any atom is 0.265 e. The predicted octanol–water partition coefficient (Wildman–Crippen LogP) is 3.19.